The predicted octanol–water partition coefficient (Wildman–Crippen LogP) is 3.76. The van der Waals surface area contributed by atoms with Crippen LogP contribution in [0.1, 0.15) is 35.4 Å². The van der Waals surface area contributed by atoms with Crippen molar-refractivity contribution in [2.45, 2.75) is 32.3 Å². The SMILES string of the molecule is Cc1ccc(Cc2nccc(-c3ccc(OC4CCOCC4)c(C#N)c3)n2)cc1OCCN1CCNCC1. The van der Waals surface area contributed by atoms with Crippen LogP contribution in [-0.4, -0.2) is 73.5 Å². The fraction of sp³-hybridized carbons (Fsp3) is 0.433. The third-order valence-corrected chi connectivity index (χ3v) is 7.05. The van der Waals surface area contributed by atoms with Crippen LogP contribution in [0, 0.1) is 18.3 Å². The highest BCUT2D eigenvalue weighted by atomic mass is 16.5. The molecule has 0 unspecified atom stereocenters. The molecule has 2 aliphatic rings. The lowest BCUT2D eigenvalue weighted by Crippen LogP contribution is -2.44. The van der Waals surface area contributed by atoms with Gasteiger partial charge in [0.15, 0.2) is 0 Å². The molecule has 3 heterocycles. The molecular formula is C30H35N5O3. The largest absolute Gasteiger partial charge is 0.492 e. The number of aryl methyl sites for hydroxylation is 1. The van der Waals surface area contributed by atoms with E-state index in [1.54, 1.807) is 6.20 Å². The number of piperazine rings is 1. The summed E-state index contributed by atoms with van der Waals surface area (Å²) in [5.74, 6) is 2.24. The van der Waals surface area contributed by atoms with E-state index in [0.717, 1.165) is 79.5 Å². The lowest BCUT2D eigenvalue weighted by atomic mass is 10.1. The quantitative estimate of drug-likeness (QED) is 0.463. The molecule has 0 aliphatic carbocycles. The number of nitriles is 1. The molecule has 5 rings (SSSR count). The maximum Gasteiger partial charge on any atom is 0.137 e. The Kier molecular flexibility index (Phi) is 8.82. The molecule has 0 radical (unpaired) electrons. The molecule has 0 spiro atoms. The van der Waals surface area contributed by atoms with Crippen molar-refractivity contribution in [1.29, 1.82) is 5.26 Å². The van der Waals surface area contributed by atoms with E-state index in [9.17, 15) is 5.26 Å². The van der Waals surface area contributed by atoms with Crippen molar-refractivity contribution in [3.05, 3.63) is 71.2 Å². The van der Waals surface area contributed by atoms with Gasteiger partial charge in [-0.2, -0.15) is 5.26 Å². The molecule has 8 heteroatoms. The van der Waals surface area contributed by atoms with Crippen molar-refractivity contribution < 1.29 is 14.2 Å². The van der Waals surface area contributed by atoms with Crippen molar-refractivity contribution in [2.75, 3.05) is 52.5 Å². The van der Waals surface area contributed by atoms with E-state index >= 15 is 0 Å². The van der Waals surface area contributed by atoms with Crippen molar-refractivity contribution in [2.24, 2.45) is 0 Å². The Balaban J connectivity index is 1.25. The first-order chi connectivity index (χ1) is 18.7. The van der Waals surface area contributed by atoms with Crippen molar-refractivity contribution >= 4 is 0 Å². The minimum Gasteiger partial charge on any atom is -0.492 e. The fourth-order valence-electron chi connectivity index (χ4n) is 4.81. The van der Waals surface area contributed by atoms with Crippen molar-refractivity contribution in [3.63, 3.8) is 0 Å². The zero-order chi connectivity index (χ0) is 26.2. The summed E-state index contributed by atoms with van der Waals surface area (Å²) in [5, 5.41) is 13.1. The van der Waals surface area contributed by atoms with Gasteiger partial charge in [0.2, 0.25) is 0 Å². The summed E-state index contributed by atoms with van der Waals surface area (Å²) in [6.45, 7) is 9.28. The van der Waals surface area contributed by atoms with Crippen LogP contribution in [0.25, 0.3) is 11.3 Å². The number of benzene rings is 2. The van der Waals surface area contributed by atoms with Gasteiger partial charge in [-0.15, -0.1) is 0 Å². The minimum absolute atomic E-state index is 0.0813. The number of hydrogen-bond acceptors (Lipinski definition) is 8. The molecule has 38 heavy (non-hydrogen) atoms. The molecule has 1 N–H and O–H groups in total. The van der Waals surface area contributed by atoms with Gasteiger partial charge in [0.1, 0.15) is 36.1 Å². The molecule has 0 saturated carbocycles. The van der Waals surface area contributed by atoms with Crippen molar-refractivity contribution in [1.82, 2.24) is 20.2 Å². The highest BCUT2D eigenvalue weighted by Gasteiger charge is 2.18. The summed E-state index contributed by atoms with van der Waals surface area (Å²) < 4.78 is 17.7. The second-order valence-electron chi connectivity index (χ2n) is 9.83. The van der Waals surface area contributed by atoms with E-state index < -0.39 is 0 Å². The van der Waals surface area contributed by atoms with Gasteiger partial charge < -0.3 is 19.5 Å². The van der Waals surface area contributed by atoms with E-state index in [2.05, 4.69) is 46.4 Å². The van der Waals surface area contributed by atoms with Crippen LogP contribution >= 0.6 is 0 Å². The molecule has 2 fully saturated rings. The Morgan fingerprint density at radius 2 is 1.92 bits per heavy atom. The number of ether oxygens (including phenoxy) is 3. The number of nitrogens with one attached hydrogen (secondary N) is 1. The van der Waals surface area contributed by atoms with E-state index in [0.29, 0.717) is 37.6 Å². The Morgan fingerprint density at radius 1 is 1.08 bits per heavy atom. The Morgan fingerprint density at radius 3 is 2.74 bits per heavy atom. The van der Waals surface area contributed by atoms with Gasteiger partial charge in [-0.1, -0.05) is 12.1 Å². The molecule has 2 aromatic carbocycles. The second-order valence-corrected chi connectivity index (χ2v) is 9.83. The Labute approximate surface area is 224 Å². The number of aromatic nitrogens is 2. The summed E-state index contributed by atoms with van der Waals surface area (Å²) in [4.78, 5) is 11.7. The summed E-state index contributed by atoms with van der Waals surface area (Å²) >= 11 is 0. The van der Waals surface area contributed by atoms with E-state index in [4.69, 9.17) is 19.2 Å². The number of rotatable bonds is 9. The third-order valence-electron chi connectivity index (χ3n) is 7.05. The van der Waals surface area contributed by atoms with Gasteiger partial charge in [-0.25, -0.2) is 9.97 Å². The lowest BCUT2D eigenvalue weighted by molar-refractivity contribution is 0.0254. The average Bonchev–Trinajstić information content (AvgIpc) is 2.96. The van der Waals surface area contributed by atoms with E-state index in [-0.39, 0.29) is 6.10 Å². The topological polar surface area (TPSA) is 92.5 Å². The Bertz CT molecular complexity index is 1260. The monoisotopic (exact) mass is 513 g/mol. The third kappa shape index (κ3) is 6.87. The lowest BCUT2D eigenvalue weighted by Gasteiger charge is -2.27. The number of nitrogens with zero attached hydrogens (tertiary/aromatic N) is 4. The summed E-state index contributed by atoms with van der Waals surface area (Å²) in [5.41, 5.74) is 4.38. The highest BCUT2D eigenvalue weighted by Crippen LogP contribution is 2.28. The summed E-state index contributed by atoms with van der Waals surface area (Å²) in [6, 6.07) is 16.1. The highest BCUT2D eigenvalue weighted by molar-refractivity contribution is 5.64. The van der Waals surface area contributed by atoms with Gasteiger partial charge in [0.05, 0.1) is 24.5 Å². The Hall–Kier alpha value is -3.51. The molecule has 2 aliphatic heterocycles. The first kappa shape index (κ1) is 26.1. The molecule has 0 bridgehead atoms. The molecule has 3 aromatic rings. The number of hydrogen-bond donors (Lipinski definition) is 1. The van der Waals surface area contributed by atoms with E-state index in [1.165, 1.54) is 0 Å². The van der Waals surface area contributed by atoms with Gasteiger partial charge in [0.25, 0.3) is 0 Å². The van der Waals surface area contributed by atoms with Gasteiger partial charge >= 0.3 is 0 Å². The first-order valence-electron chi connectivity index (χ1n) is 13.4. The summed E-state index contributed by atoms with van der Waals surface area (Å²) in [7, 11) is 0. The molecule has 0 atom stereocenters. The predicted molar refractivity (Wildman–Crippen MR) is 145 cm³/mol. The maximum atomic E-state index is 9.75. The van der Waals surface area contributed by atoms with E-state index in [1.807, 2.05) is 24.3 Å². The summed E-state index contributed by atoms with van der Waals surface area (Å²) in [6.07, 6.45) is 4.12. The first-order valence-corrected chi connectivity index (χ1v) is 13.4. The van der Waals surface area contributed by atoms with Crippen LogP contribution in [0.3, 0.4) is 0 Å². The zero-order valence-corrected chi connectivity index (χ0v) is 22.0. The van der Waals surface area contributed by atoms with Gasteiger partial charge in [-0.05, 0) is 48.4 Å². The van der Waals surface area contributed by atoms with Crippen LogP contribution in [0.4, 0.5) is 0 Å². The molecule has 1 aromatic heterocycles. The molecule has 2 saturated heterocycles. The zero-order valence-electron chi connectivity index (χ0n) is 22.0. The smallest absolute Gasteiger partial charge is 0.137 e. The van der Waals surface area contributed by atoms with Crippen LogP contribution in [0.15, 0.2) is 48.7 Å². The van der Waals surface area contributed by atoms with Crippen LogP contribution in [0.5, 0.6) is 11.5 Å². The van der Waals surface area contributed by atoms with Crippen LogP contribution in [-0.2, 0) is 11.2 Å². The molecule has 198 valence electrons. The average molecular weight is 514 g/mol. The standard InChI is InChI=1S/C30H35N5O3/c1-22-2-3-23(18-29(22)37-17-14-35-12-10-32-11-13-35)19-30-33-9-6-27(34-30)24-4-5-28(25(20-24)21-31)38-26-7-15-36-16-8-26/h2-6,9,18,20,26,32H,7-8,10-17,19H2,1H3. The minimum atomic E-state index is 0.0813. The molecule has 8 nitrogen and oxygen atoms in total. The van der Waals surface area contributed by atoms with Gasteiger partial charge in [0, 0.05) is 63.7 Å². The maximum absolute atomic E-state index is 9.75. The fourth-order valence-corrected chi connectivity index (χ4v) is 4.81. The second kappa shape index (κ2) is 12.8. The van der Waals surface area contributed by atoms with Gasteiger partial charge in [-0.3, -0.25) is 4.90 Å². The van der Waals surface area contributed by atoms with Crippen LogP contribution in [0.2, 0.25) is 0 Å². The van der Waals surface area contributed by atoms with Crippen LogP contribution < -0.4 is 14.8 Å². The normalized spacial score (nSPS) is 16.6. The molecule has 0 amide bonds. The van der Waals surface area contributed by atoms with Crippen molar-refractivity contribution in [3.8, 4) is 28.8 Å². The molecular weight excluding hydrogens is 478 g/mol.